The molecule has 0 radical (unpaired) electrons. The van der Waals surface area contributed by atoms with Gasteiger partial charge in [0, 0.05) is 12.0 Å². The molecule has 0 fully saturated rings. The molecule has 2 unspecified atom stereocenters. The van der Waals surface area contributed by atoms with E-state index >= 15 is 0 Å². The maximum Gasteiger partial charge on any atom is 0.305 e. The first-order chi connectivity index (χ1) is 17.6. The molecule has 0 saturated carbocycles. The Labute approximate surface area is 215 Å². The first-order valence-corrected chi connectivity index (χ1v) is 12.1. The number of amides is 1. The molecular formula is C28H32FN3O5. The molecule has 9 heteroatoms. The first kappa shape index (κ1) is 27.8. The van der Waals surface area contributed by atoms with Gasteiger partial charge in [0.2, 0.25) is 0 Å². The molecule has 196 valence electrons. The molecule has 3 aromatic rings. The second-order valence-electron chi connectivity index (χ2n) is 9.21. The van der Waals surface area contributed by atoms with Crippen molar-refractivity contribution < 1.29 is 29.3 Å². The number of hydrogen-bond acceptors (Lipinski definition) is 5. The number of benzene rings is 2. The molecule has 0 bridgehead atoms. The molecular weight excluding hydrogens is 477 g/mol. The fraction of sp³-hybridized carbons (Fsp3) is 0.321. The summed E-state index contributed by atoms with van der Waals surface area (Å²) in [6.07, 6.45) is -0.0129. The summed E-state index contributed by atoms with van der Waals surface area (Å²) in [5.41, 5.74) is 2.77. The van der Waals surface area contributed by atoms with E-state index < -0.39 is 30.4 Å². The van der Waals surface area contributed by atoms with Crippen LogP contribution in [0.25, 0.3) is 11.8 Å². The third kappa shape index (κ3) is 7.34. The molecule has 8 nitrogen and oxygen atoms in total. The van der Waals surface area contributed by atoms with E-state index in [0.29, 0.717) is 16.9 Å². The van der Waals surface area contributed by atoms with Crippen LogP contribution in [-0.2, 0) is 4.79 Å². The van der Waals surface area contributed by atoms with Gasteiger partial charge in [-0.1, -0.05) is 50.3 Å². The van der Waals surface area contributed by atoms with Crippen LogP contribution in [0.3, 0.4) is 0 Å². The minimum Gasteiger partial charge on any atom is -0.481 e. The van der Waals surface area contributed by atoms with Crippen LogP contribution in [0.2, 0.25) is 0 Å². The van der Waals surface area contributed by atoms with Crippen LogP contribution in [0, 0.1) is 5.82 Å². The molecule has 0 aliphatic rings. The molecule has 0 spiro atoms. The van der Waals surface area contributed by atoms with Gasteiger partial charge >= 0.3 is 5.97 Å². The van der Waals surface area contributed by atoms with Gasteiger partial charge in [0.05, 0.1) is 36.1 Å². The summed E-state index contributed by atoms with van der Waals surface area (Å²) in [6.45, 7) is 5.69. The zero-order chi connectivity index (χ0) is 27.1. The van der Waals surface area contributed by atoms with Gasteiger partial charge in [-0.2, -0.15) is 5.10 Å². The number of carboxylic acids is 1. The van der Waals surface area contributed by atoms with Crippen LogP contribution in [-0.4, -0.2) is 49.2 Å². The number of halogens is 1. The topological polar surface area (TPSA) is 125 Å². The predicted octanol–water partition coefficient (Wildman–Crippen LogP) is 4.23. The Hall–Kier alpha value is -3.82. The van der Waals surface area contributed by atoms with E-state index in [1.54, 1.807) is 6.08 Å². The SMILES string of the molecule is CC(C)c1c(C(=O)N[C@H](C)c2ccccc2)nn(-c2ccc(F)cc2)c1/C=C/C(O)CC(O)CC(=O)O. The summed E-state index contributed by atoms with van der Waals surface area (Å²) in [6, 6.07) is 14.9. The second kappa shape index (κ2) is 12.4. The number of aliphatic hydroxyl groups is 2. The largest absolute Gasteiger partial charge is 0.481 e. The third-order valence-corrected chi connectivity index (χ3v) is 5.87. The average Bonchev–Trinajstić information content (AvgIpc) is 3.23. The van der Waals surface area contributed by atoms with Crippen molar-refractivity contribution in [1.29, 1.82) is 0 Å². The van der Waals surface area contributed by atoms with Gasteiger partial charge in [-0.05, 0) is 48.7 Å². The Balaban J connectivity index is 2.00. The summed E-state index contributed by atoms with van der Waals surface area (Å²) >= 11 is 0. The fourth-order valence-corrected chi connectivity index (χ4v) is 4.05. The van der Waals surface area contributed by atoms with E-state index in [4.69, 9.17) is 5.11 Å². The van der Waals surface area contributed by atoms with Crippen LogP contribution < -0.4 is 5.32 Å². The van der Waals surface area contributed by atoms with Crippen molar-refractivity contribution in [2.24, 2.45) is 0 Å². The van der Waals surface area contributed by atoms with E-state index in [0.717, 1.165) is 5.56 Å². The Morgan fingerprint density at radius 2 is 1.70 bits per heavy atom. The normalized spacial score (nSPS) is 14.0. The Morgan fingerprint density at radius 1 is 1.05 bits per heavy atom. The second-order valence-corrected chi connectivity index (χ2v) is 9.21. The van der Waals surface area contributed by atoms with E-state index in [1.807, 2.05) is 51.1 Å². The number of hydrogen-bond donors (Lipinski definition) is 4. The van der Waals surface area contributed by atoms with Crippen molar-refractivity contribution in [1.82, 2.24) is 15.1 Å². The van der Waals surface area contributed by atoms with Gasteiger partial charge in [0.1, 0.15) is 5.82 Å². The minimum absolute atomic E-state index is 0.142. The van der Waals surface area contributed by atoms with Crippen molar-refractivity contribution >= 4 is 18.0 Å². The molecule has 3 atom stereocenters. The molecule has 3 rings (SSSR count). The van der Waals surface area contributed by atoms with Crippen LogP contribution in [0.5, 0.6) is 0 Å². The highest BCUT2D eigenvalue weighted by Crippen LogP contribution is 2.28. The van der Waals surface area contributed by atoms with Gasteiger partial charge in [0.25, 0.3) is 5.91 Å². The van der Waals surface area contributed by atoms with Gasteiger partial charge in [-0.25, -0.2) is 9.07 Å². The number of carboxylic acid groups (broad SMARTS) is 1. The van der Waals surface area contributed by atoms with Crippen LogP contribution in [0.4, 0.5) is 4.39 Å². The quantitative estimate of drug-likeness (QED) is 0.307. The number of aliphatic hydroxyl groups excluding tert-OH is 2. The maximum atomic E-state index is 13.6. The first-order valence-electron chi connectivity index (χ1n) is 12.1. The van der Waals surface area contributed by atoms with E-state index in [-0.39, 0.29) is 30.0 Å². The summed E-state index contributed by atoms with van der Waals surface area (Å²) < 4.78 is 15.1. The molecule has 4 N–H and O–H groups in total. The maximum absolute atomic E-state index is 13.6. The Morgan fingerprint density at radius 3 is 2.30 bits per heavy atom. The van der Waals surface area contributed by atoms with E-state index in [2.05, 4.69) is 10.4 Å². The van der Waals surface area contributed by atoms with E-state index in [9.17, 15) is 24.2 Å². The smallest absolute Gasteiger partial charge is 0.305 e. The van der Waals surface area contributed by atoms with Gasteiger partial charge in [-0.15, -0.1) is 0 Å². The van der Waals surface area contributed by atoms with Crippen molar-refractivity contribution in [3.8, 4) is 5.69 Å². The van der Waals surface area contributed by atoms with Crippen molar-refractivity contribution in [2.45, 2.75) is 57.8 Å². The average molecular weight is 510 g/mol. The molecule has 0 aliphatic carbocycles. The number of carbonyl (C=O) groups excluding carboxylic acids is 1. The lowest BCUT2D eigenvalue weighted by Crippen LogP contribution is -2.28. The third-order valence-electron chi connectivity index (χ3n) is 5.87. The lowest BCUT2D eigenvalue weighted by atomic mass is 9.98. The van der Waals surface area contributed by atoms with Crippen LogP contribution in [0.15, 0.2) is 60.7 Å². The molecule has 37 heavy (non-hydrogen) atoms. The number of rotatable bonds is 11. The zero-order valence-corrected chi connectivity index (χ0v) is 21.0. The summed E-state index contributed by atoms with van der Waals surface area (Å²) in [7, 11) is 0. The highest BCUT2D eigenvalue weighted by atomic mass is 19.1. The lowest BCUT2D eigenvalue weighted by Gasteiger charge is -2.15. The fourth-order valence-electron chi connectivity index (χ4n) is 4.05. The summed E-state index contributed by atoms with van der Waals surface area (Å²) in [5, 5.41) is 36.6. The van der Waals surface area contributed by atoms with Crippen molar-refractivity contribution in [2.75, 3.05) is 0 Å². The number of aromatic nitrogens is 2. The number of nitrogens with zero attached hydrogens (tertiary/aromatic N) is 2. The van der Waals surface area contributed by atoms with Gasteiger partial charge < -0.3 is 20.6 Å². The van der Waals surface area contributed by atoms with Crippen molar-refractivity contribution in [3.05, 3.63) is 89.0 Å². The van der Waals surface area contributed by atoms with Gasteiger partial charge in [0.15, 0.2) is 5.69 Å². The Kier molecular flexibility index (Phi) is 9.32. The number of carbonyl (C=O) groups is 2. The highest BCUT2D eigenvalue weighted by Gasteiger charge is 2.26. The molecule has 1 heterocycles. The summed E-state index contributed by atoms with van der Waals surface area (Å²) in [4.78, 5) is 24.2. The van der Waals surface area contributed by atoms with Crippen LogP contribution in [0.1, 0.15) is 72.9 Å². The van der Waals surface area contributed by atoms with Gasteiger partial charge in [-0.3, -0.25) is 9.59 Å². The number of nitrogens with one attached hydrogen (secondary N) is 1. The monoisotopic (exact) mass is 509 g/mol. The minimum atomic E-state index is -1.22. The van der Waals surface area contributed by atoms with E-state index in [1.165, 1.54) is 35.0 Å². The molecule has 1 aromatic heterocycles. The summed E-state index contributed by atoms with van der Waals surface area (Å²) in [5.74, 6) is -2.11. The molecule has 0 aliphatic heterocycles. The van der Waals surface area contributed by atoms with Crippen LogP contribution >= 0.6 is 0 Å². The highest BCUT2D eigenvalue weighted by molar-refractivity contribution is 5.95. The van der Waals surface area contributed by atoms with Crippen molar-refractivity contribution in [3.63, 3.8) is 0 Å². The number of aliphatic carboxylic acids is 1. The zero-order valence-electron chi connectivity index (χ0n) is 21.0. The lowest BCUT2D eigenvalue weighted by molar-refractivity contribution is -0.139. The Bertz CT molecular complexity index is 1240. The predicted molar refractivity (Wildman–Crippen MR) is 138 cm³/mol. The molecule has 0 saturated heterocycles. The standard InChI is InChI=1S/C28H32FN3O5/c1-17(2)26-24(14-13-22(33)15-23(34)16-25(35)36)32(21-11-9-20(29)10-12-21)31-27(26)28(37)30-18(3)19-7-5-4-6-8-19/h4-14,17-18,22-23,33-34H,15-16H2,1-3H3,(H,30,37)(H,35,36)/b14-13+/t18-,22?,23?/m1/s1. The molecule has 1 amide bonds. The molecule has 2 aromatic carbocycles.